The van der Waals surface area contributed by atoms with E-state index >= 15 is 0 Å². The van der Waals surface area contributed by atoms with Gasteiger partial charge in [0, 0.05) is 29.7 Å². The number of methoxy groups -OCH3 is 3. The minimum atomic E-state index is -0.329. The van der Waals surface area contributed by atoms with Gasteiger partial charge in [-0.05, 0) is 50.2 Å². The third-order valence-corrected chi connectivity index (χ3v) is 5.14. The molecule has 0 saturated heterocycles. The normalized spacial score (nSPS) is 10.5. The van der Waals surface area contributed by atoms with Crippen LogP contribution in [-0.2, 0) is 0 Å². The maximum atomic E-state index is 12.8. The number of imidazole rings is 1. The molecule has 1 N–H and O–H groups in total. The van der Waals surface area contributed by atoms with Crippen molar-refractivity contribution in [1.29, 1.82) is 0 Å². The zero-order valence-corrected chi connectivity index (χ0v) is 20.0. The fourth-order valence-corrected chi connectivity index (χ4v) is 3.46. The molecular formula is C25H25N5O5. The lowest BCUT2D eigenvalue weighted by atomic mass is 10.1. The Balaban J connectivity index is 1.49. The average molecular weight is 476 g/mol. The number of hydrogen-bond acceptors (Lipinski definition) is 8. The standard InChI is InChI=1S/C25H25N5O5/c1-15-27-22(30-11-10-26-16(30)2)14-23(28-15)35-19-8-6-18(7-9-19)29-25(31)17-12-20(32-3)24(34-5)21(13-17)33-4/h6-14H,1-5H3,(H,29,31). The Morgan fingerprint density at radius 1 is 0.914 bits per heavy atom. The third kappa shape index (κ3) is 5.16. The summed E-state index contributed by atoms with van der Waals surface area (Å²) in [5, 5.41) is 2.85. The van der Waals surface area contributed by atoms with Crippen molar-refractivity contribution in [3.05, 3.63) is 72.1 Å². The van der Waals surface area contributed by atoms with Crippen molar-refractivity contribution in [2.24, 2.45) is 0 Å². The lowest BCUT2D eigenvalue weighted by Crippen LogP contribution is -2.12. The van der Waals surface area contributed by atoms with Crippen molar-refractivity contribution in [3.63, 3.8) is 0 Å². The van der Waals surface area contributed by atoms with Crippen LogP contribution in [0.4, 0.5) is 5.69 Å². The number of ether oxygens (including phenoxy) is 4. The first-order valence-electron chi connectivity index (χ1n) is 10.7. The smallest absolute Gasteiger partial charge is 0.255 e. The van der Waals surface area contributed by atoms with Gasteiger partial charge in [-0.3, -0.25) is 9.36 Å². The number of carbonyl (C=O) groups excluding carboxylic acids is 1. The van der Waals surface area contributed by atoms with Crippen LogP contribution in [0.2, 0.25) is 0 Å². The number of carbonyl (C=O) groups is 1. The minimum absolute atomic E-state index is 0.329. The summed E-state index contributed by atoms with van der Waals surface area (Å²) in [4.78, 5) is 25.9. The monoisotopic (exact) mass is 475 g/mol. The van der Waals surface area contributed by atoms with Crippen molar-refractivity contribution in [2.75, 3.05) is 26.6 Å². The molecule has 4 aromatic rings. The Bertz CT molecular complexity index is 1330. The van der Waals surface area contributed by atoms with Crippen LogP contribution in [0.25, 0.3) is 5.82 Å². The first kappa shape index (κ1) is 23.6. The summed E-state index contributed by atoms with van der Waals surface area (Å²) < 4.78 is 23.7. The molecule has 2 heterocycles. The van der Waals surface area contributed by atoms with Crippen LogP contribution in [0, 0.1) is 13.8 Å². The number of hydrogen-bond donors (Lipinski definition) is 1. The predicted molar refractivity (Wildman–Crippen MR) is 129 cm³/mol. The Morgan fingerprint density at radius 3 is 2.17 bits per heavy atom. The summed E-state index contributed by atoms with van der Waals surface area (Å²) in [6.07, 6.45) is 3.53. The van der Waals surface area contributed by atoms with Gasteiger partial charge in [0.25, 0.3) is 5.91 Å². The fourth-order valence-electron chi connectivity index (χ4n) is 3.46. The Hall–Kier alpha value is -4.60. The Morgan fingerprint density at radius 2 is 1.60 bits per heavy atom. The maximum Gasteiger partial charge on any atom is 0.255 e. The molecule has 0 radical (unpaired) electrons. The zero-order valence-electron chi connectivity index (χ0n) is 20.0. The Kier molecular flexibility index (Phi) is 6.81. The van der Waals surface area contributed by atoms with E-state index in [1.807, 2.05) is 17.7 Å². The summed E-state index contributed by atoms with van der Waals surface area (Å²) in [6.45, 7) is 3.69. The van der Waals surface area contributed by atoms with Crippen LogP contribution in [0.3, 0.4) is 0 Å². The topological polar surface area (TPSA) is 110 Å². The number of benzene rings is 2. The fraction of sp³-hybridized carbons (Fsp3) is 0.200. The molecule has 0 atom stereocenters. The van der Waals surface area contributed by atoms with E-state index in [-0.39, 0.29) is 5.91 Å². The van der Waals surface area contributed by atoms with Gasteiger partial charge in [-0.2, -0.15) is 4.98 Å². The average Bonchev–Trinajstić information content (AvgIpc) is 3.29. The molecule has 180 valence electrons. The van der Waals surface area contributed by atoms with Gasteiger partial charge in [0.1, 0.15) is 23.2 Å². The van der Waals surface area contributed by atoms with Crippen LogP contribution < -0.4 is 24.3 Å². The summed E-state index contributed by atoms with van der Waals surface area (Å²) in [7, 11) is 4.50. The van der Waals surface area contributed by atoms with Crippen molar-refractivity contribution in [1.82, 2.24) is 19.5 Å². The van der Waals surface area contributed by atoms with E-state index < -0.39 is 0 Å². The molecular weight excluding hydrogens is 450 g/mol. The van der Waals surface area contributed by atoms with E-state index in [4.69, 9.17) is 18.9 Å². The molecule has 0 unspecified atom stereocenters. The molecule has 0 bridgehead atoms. The van der Waals surface area contributed by atoms with Gasteiger partial charge < -0.3 is 24.3 Å². The van der Waals surface area contributed by atoms with Gasteiger partial charge in [-0.15, -0.1) is 0 Å². The van der Waals surface area contributed by atoms with Gasteiger partial charge in [0.15, 0.2) is 11.5 Å². The van der Waals surface area contributed by atoms with Gasteiger partial charge in [-0.25, -0.2) is 9.97 Å². The SMILES string of the molecule is COc1cc(C(=O)Nc2ccc(Oc3cc(-n4ccnc4C)nc(C)n3)cc2)cc(OC)c1OC. The summed E-state index contributed by atoms with van der Waals surface area (Å²) in [6, 6.07) is 11.9. The highest BCUT2D eigenvalue weighted by molar-refractivity contribution is 6.05. The van der Waals surface area contributed by atoms with Gasteiger partial charge in [0.2, 0.25) is 11.6 Å². The van der Waals surface area contributed by atoms with Crippen LogP contribution in [0.15, 0.2) is 54.9 Å². The van der Waals surface area contributed by atoms with Gasteiger partial charge in [0.05, 0.1) is 21.3 Å². The second-order valence-corrected chi connectivity index (χ2v) is 7.45. The minimum Gasteiger partial charge on any atom is -0.493 e. The first-order chi connectivity index (χ1) is 16.9. The van der Waals surface area contributed by atoms with E-state index in [1.54, 1.807) is 55.6 Å². The molecule has 1 amide bonds. The molecule has 10 heteroatoms. The molecule has 0 spiro atoms. The lowest BCUT2D eigenvalue weighted by molar-refractivity contribution is 0.102. The number of nitrogens with one attached hydrogen (secondary N) is 1. The lowest BCUT2D eigenvalue weighted by Gasteiger charge is -2.14. The summed E-state index contributed by atoms with van der Waals surface area (Å²) in [5.41, 5.74) is 0.948. The van der Waals surface area contributed by atoms with E-state index in [0.29, 0.717) is 51.8 Å². The number of aryl methyl sites for hydroxylation is 2. The number of nitrogens with zero attached hydrogens (tertiary/aromatic N) is 4. The molecule has 10 nitrogen and oxygen atoms in total. The molecule has 0 saturated carbocycles. The highest BCUT2D eigenvalue weighted by atomic mass is 16.5. The van der Waals surface area contributed by atoms with Crippen LogP contribution in [-0.4, -0.2) is 46.8 Å². The van der Waals surface area contributed by atoms with Crippen molar-refractivity contribution >= 4 is 11.6 Å². The molecule has 4 rings (SSSR count). The molecule has 2 aromatic heterocycles. The predicted octanol–water partition coefficient (Wildman–Crippen LogP) is 4.35. The van der Waals surface area contributed by atoms with Crippen molar-refractivity contribution in [3.8, 4) is 34.7 Å². The van der Waals surface area contributed by atoms with Crippen LogP contribution >= 0.6 is 0 Å². The summed E-state index contributed by atoms with van der Waals surface area (Å²) in [5.74, 6) is 3.87. The highest BCUT2D eigenvalue weighted by Crippen LogP contribution is 2.38. The van der Waals surface area contributed by atoms with Crippen LogP contribution in [0.5, 0.6) is 28.9 Å². The number of rotatable bonds is 8. The second kappa shape index (κ2) is 10.1. The number of amides is 1. The highest BCUT2D eigenvalue weighted by Gasteiger charge is 2.17. The second-order valence-electron chi connectivity index (χ2n) is 7.45. The van der Waals surface area contributed by atoms with Gasteiger partial charge in [-0.1, -0.05) is 0 Å². The van der Waals surface area contributed by atoms with Crippen LogP contribution in [0.1, 0.15) is 22.0 Å². The number of anilines is 1. The molecule has 0 aliphatic carbocycles. The quantitative estimate of drug-likeness (QED) is 0.401. The molecule has 2 aromatic carbocycles. The van der Waals surface area contributed by atoms with Gasteiger partial charge >= 0.3 is 0 Å². The van der Waals surface area contributed by atoms with E-state index in [9.17, 15) is 4.79 Å². The maximum absolute atomic E-state index is 12.8. The largest absolute Gasteiger partial charge is 0.493 e. The van der Waals surface area contributed by atoms with Crippen molar-refractivity contribution < 1.29 is 23.7 Å². The van der Waals surface area contributed by atoms with E-state index in [0.717, 1.165) is 5.82 Å². The summed E-state index contributed by atoms with van der Waals surface area (Å²) >= 11 is 0. The molecule has 35 heavy (non-hydrogen) atoms. The first-order valence-corrected chi connectivity index (χ1v) is 10.7. The Labute approximate surface area is 202 Å². The van der Waals surface area contributed by atoms with Crippen molar-refractivity contribution in [2.45, 2.75) is 13.8 Å². The molecule has 0 fully saturated rings. The van der Waals surface area contributed by atoms with E-state index in [2.05, 4.69) is 20.3 Å². The third-order valence-electron chi connectivity index (χ3n) is 5.14. The number of aromatic nitrogens is 4. The molecule has 0 aliphatic rings. The van der Waals surface area contributed by atoms with E-state index in [1.165, 1.54) is 21.3 Å². The molecule has 0 aliphatic heterocycles. The zero-order chi connectivity index (χ0) is 24.9.